The molecule has 13 heavy (non-hydrogen) atoms. The van der Waals surface area contributed by atoms with Crippen molar-refractivity contribution >= 4 is 16.8 Å². The van der Waals surface area contributed by atoms with Gasteiger partial charge in [-0.3, -0.25) is 4.79 Å². The van der Waals surface area contributed by atoms with Gasteiger partial charge >= 0.3 is 0 Å². The van der Waals surface area contributed by atoms with E-state index in [2.05, 4.69) is 6.92 Å². The van der Waals surface area contributed by atoms with E-state index in [1.54, 1.807) is 0 Å². The molecule has 0 amide bonds. The minimum atomic E-state index is -0.399. The van der Waals surface area contributed by atoms with Crippen molar-refractivity contribution < 1.29 is 9.53 Å². The lowest BCUT2D eigenvalue weighted by atomic mass is 9.83. The van der Waals surface area contributed by atoms with Crippen LogP contribution in [0.5, 0.6) is 0 Å². The highest BCUT2D eigenvalue weighted by Crippen LogP contribution is 2.28. The van der Waals surface area contributed by atoms with Crippen LogP contribution in [-0.2, 0) is 9.53 Å². The highest BCUT2D eigenvalue weighted by atomic mass is 35.5. The van der Waals surface area contributed by atoms with Crippen molar-refractivity contribution in [2.24, 2.45) is 11.8 Å². The number of hydrogen-bond acceptors (Lipinski definition) is 2. The number of rotatable bonds is 4. The van der Waals surface area contributed by atoms with Gasteiger partial charge in [-0.1, -0.05) is 19.8 Å². The average Bonchev–Trinajstić information content (AvgIpc) is 2.08. The Morgan fingerprint density at radius 1 is 1.38 bits per heavy atom. The van der Waals surface area contributed by atoms with E-state index in [0.29, 0.717) is 12.5 Å². The number of carbonyl (C=O) groups excluding carboxylic acids is 1. The Morgan fingerprint density at radius 2 is 2.00 bits per heavy atom. The Bertz CT molecular complexity index is 162. The van der Waals surface area contributed by atoms with Crippen molar-refractivity contribution in [2.75, 3.05) is 13.2 Å². The van der Waals surface area contributed by atoms with Crippen LogP contribution in [0.2, 0.25) is 0 Å². The molecule has 1 aliphatic carbocycles. The Balaban J connectivity index is 2.05. The molecule has 1 fully saturated rings. The van der Waals surface area contributed by atoms with Gasteiger partial charge in [-0.2, -0.15) is 0 Å². The van der Waals surface area contributed by atoms with E-state index in [1.165, 1.54) is 25.7 Å². The van der Waals surface area contributed by atoms with Crippen LogP contribution in [0.25, 0.3) is 0 Å². The van der Waals surface area contributed by atoms with Gasteiger partial charge in [-0.25, -0.2) is 0 Å². The van der Waals surface area contributed by atoms with E-state index >= 15 is 0 Å². The lowest BCUT2D eigenvalue weighted by Crippen LogP contribution is -2.18. The van der Waals surface area contributed by atoms with Crippen molar-refractivity contribution in [1.82, 2.24) is 0 Å². The second-order valence-electron chi connectivity index (χ2n) is 4.00. The van der Waals surface area contributed by atoms with Crippen molar-refractivity contribution in [3.8, 4) is 0 Å². The van der Waals surface area contributed by atoms with Crippen LogP contribution in [0.4, 0.5) is 0 Å². The maximum Gasteiger partial charge on any atom is 0.247 e. The fourth-order valence-electron chi connectivity index (χ4n) is 1.80. The molecular weight excluding hydrogens is 188 g/mol. The molecular formula is C10H17ClO2. The van der Waals surface area contributed by atoms with Crippen LogP contribution in [0.3, 0.4) is 0 Å². The first kappa shape index (κ1) is 11.0. The van der Waals surface area contributed by atoms with Crippen molar-refractivity contribution in [2.45, 2.75) is 32.6 Å². The van der Waals surface area contributed by atoms with Gasteiger partial charge in [-0.15, -0.1) is 0 Å². The molecule has 0 aromatic rings. The number of ether oxygens (including phenoxy) is 1. The number of carbonyl (C=O) groups is 1. The van der Waals surface area contributed by atoms with Crippen molar-refractivity contribution in [3.63, 3.8) is 0 Å². The van der Waals surface area contributed by atoms with Gasteiger partial charge in [0.1, 0.15) is 6.61 Å². The Hall–Kier alpha value is -0.0800. The van der Waals surface area contributed by atoms with E-state index in [1.807, 2.05) is 0 Å². The molecule has 1 aliphatic rings. The molecule has 0 aromatic heterocycles. The lowest BCUT2D eigenvalue weighted by molar-refractivity contribution is -0.116. The maximum atomic E-state index is 10.4. The quantitative estimate of drug-likeness (QED) is 0.658. The van der Waals surface area contributed by atoms with Crippen molar-refractivity contribution in [3.05, 3.63) is 0 Å². The standard InChI is InChI=1S/C10H17ClO2/c1-8-2-4-9(5-3-8)6-13-7-10(11)12/h8-9H,2-7H2,1H3. The number of halogens is 1. The van der Waals surface area contributed by atoms with Crippen LogP contribution < -0.4 is 0 Å². The zero-order chi connectivity index (χ0) is 9.68. The van der Waals surface area contributed by atoms with E-state index in [9.17, 15) is 4.79 Å². The summed E-state index contributed by atoms with van der Waals surface area (Å²) >= 11 is 5.15. The van der Waals surface area contributed by atoms with Gasteiger partial charge in [0.25, 0.3) is 0 Å². The predicted octanol–water partition coefficient (Wildman–Crippen LogP) is 2.59. The molecule has 0 radical (unpaired) electrons. The molecule has 76 valence electrons. The fraction of sp³-hybridized carbons (Fsp3) is 0.900. The smallest absolute Gasteiger partial charge is 0.247 e. The molecule has 3 heteroatoms. The normalized spacial score (nSPS) is 28.8. The molecule has 0 atom stereocenters. The monoisotopic (exact) mass is 204 g/mol. The molecule has 1 rings (SSSR count). The maximum absolute atomic E-state index is 10.4. The summed E-state index contributed by atoms with van der Waals surface area (Å²) in [6, 6.07) is 0. The minimum absolute atomic E-state index is 0.0631. The molecule has 0 unspecified atom stereocenters. The van der Waals surface area contributed by atoms with Gasteiger partial charge in [0.15, 0.2) is 0 Å². The molecule has 0 saturated heterocycles. The Labute approximate surface area is 84.6 Å². The molecule has 1 saturated carbocycles. The van der Waals surface area contributed by atoms with Gasteiger partial charge in [0.2, 0.25) is 5.24 Å². The molecule has 2 nitrogen and oxygen atoms in total. The molecule has 0 N–H and O–H groups in total. The highest BCUT2D eigenvalue weighted by Gasteiger charge is 2.18. The van der Waals surface area contributed by atoms with E-state index < -0.39 is 5.24 Å². The fourth-order valence-corrected chi connectivity index (χ4v) is 1.88. The highest BCUT2D eigenvalue weighted by molar-refractivity contribution is 6.63. The van der Waals surface area contributed by atoms with Crippen LogP contribution in [0.15, 0.2) is 0 Å². The second kappa shape index (κ2) is 5.61. The molecule has 0 bridgehead atoms. The first-order chi connectivity index (χ1) is 6.18. The SMILES string of the molecule is CC1CCC(COCC(=O)Cl)CC1. The summed E-state index contributed by atoms with van der Waals surface area (Å²) in [6.07, 6.45) is 5.06. The van der Waals surface area contributed by atoms with Gasteiger partial charge in [0, 0.05) is 0 Å². The van der Waals surface area contributed by atoms with Crippen LogP contribution in [0, 0.1) is 11.8 Å². The second-order valence-corrected chi connectivity index (χ2v) is 4.42. The first-order valence-corrected chi connectivity index (χ1v) is 5.32. The minimum Gasteiger partial charge on any atom is -0.372 e. The Morgan fingerprint density at radius 3 is 2.54 bits per heavy atom. The van der Waals surface area contributed by atoms with Crippen molar-refractivity contribution in [1.29, 1.82) is 0 Å². The molecule has 0 aliphatic heterocycles. The van der Waals surface area contributed by atoms with Crippen LogP contribution in [-0.4, -0.2) is 18.5 Å². The summed E-state index contributed by atoms with van der Waals surface area (Å²) in [6.45, 7) is 3.05. The third-order valence-corrected chi connectivity index (χ3v) is 2.81. The Kier molecular flexibility index (Phi) is 4.74. The predicted molar refractivity (Wildman–Crippen MR) is 52.8 cm³/mol. The third-order valence-electron chi connectivity index (χ3n) is 2.70. The van der Waals surface area contributed by atoms with Gasteiger partial charge in [0.05, 0.1) is 6.61 Å². The summed E-state index contributed by atoms with van der Waals surface area (Å²) in [5.41, 5.74) is 0. The first-order valence-electron chi connectivity index (χ1n) is 4.94. The average molecular weight is 205 g/mol. The van der Waals surface area contributed by atoms with Gasteiger partial charge in [-0.05, 0) is 36.3 Å². The summed E-state index contributed by atoms with van der Waals surface area (Å²) in [4.78, 5) is 10.4. The van der Waals surface area contributed by atoms with E-state index in [0.717, 1.165) is 5.92 Å². The van der Waals surface area contributed by atoms with Crippen LogP contribution >= 0.6 is 11.6 Å². The van der Waals surface area contributed by atoms with E-state index in [-0.39, 0.29) is 6.61 Å². The zero-order valence-corrected chi connectivity index (χ0v) is 8.85. The lowest BCUT2D eigenvalue weighted by Gasteiger charge is -2.25. The molecule has 0 heterocycles. The zero-order valence-electron chi connectivity index (χ0n) is 8.09. The summed E-state index contributed by atoms with van der Waals surface area (Å²) < 4.78 is 5.19. The van der Waals surface area contributed by atoms with Gasteiger partial charge < -0.3 is 4.74 Å². The number of hydrogen-bond donors (Lipinski definition) is 0. The molecule has 0 spiro atoms. The summed E-state index contributed by atoms with van der Waals surface area (Å²) in [5.74, 6) is 1.51. The topological polar surface area (TPSA) is 26.3 Å². The third kappa shape index (κ3) is 4.63. The summed E-state index contributed by atoms with van der Waals surface area (Å²) in [7, 11) is 0. The van der Waals surface area contributed by atoms with Crippen LogP contribution in [0.1, 0.15) is 32.6 Å². The largest absolute Gasteiger partial charge is 0.372 e. The molecule has 0 aromatic carbocycles. The van der Waals surface area contributed by atoms with E-state index in [4.69, 9.17) is 16.3 Å². The summed E-state index contributed by atoms with van der Waals surface area (Å²) in [5, 5.41) is -0.399.